The summed E-state index contributed by atoms with van der Waals surface area (Å²) in [5.41, 5.74) is 0.805. The summed E-state index contributed by atoms with van der Waals surface area (Å²) < 4.78 is 8.75. The van der Waals surface area contributed by atoms with Gasteiger partial charge in [0.15, 0.2) is 0 Å². The fourth-order valence-electron chi connectivity index (χ4n) is 1.14. The molecule has 0 amide bonds. The predicted octanol–water partition coefficient (Wildman–Crippen LogP) is 2.90. The molecule has 1 aromatic rings. The van der Waals surface area contributed by atoms with Gasteiger partial charge in [0.05, 0.1) is 15.9 Å². The van der Waals surface area contributed by atoms with Crippen LogP contribution in [0.1, 0.15) is 26.5 Å². The average molecular weight is 368 g/mol. The summed E-state index contributed by atoms with van der Waals surface area (Å²) in [6.07, 6.45) is 0. The van der Waals surface area contributed by atoms with Crippen LogP contribution in [0, 0.1) is 3.57 Å². The Kier molecular flexibility index (Phi) is 4.31. The van der Waals surface area contributed by atoms with E-state index < -0.39 is 8.32 Å². The van der Waals surface area contributed by atoms with Crippen LogP contribution in [0.15, 0.2) is 0 Å². The van der Waals surface area contributed by atoms with E-state index in [0.29, 0.717) is 5.88 Å². The molecule has 0 saturated heterocycles. The lowest BCUT2D eigenvalue weighted by molar-refractivity contribution is 0.269. The molecule has 0 aliphatic carbocycles. The maximum atomic E-state index is 9.26. The molecule has 0 radical (unpaired) electrons. The Morgan fingerprint density at radius 2 is 1.94 bits per heavy atom. The molecule has 98 valence electrons. The molecule has 1 rings (SSSR count). The number of aliphatic hydroxyl groups is 1. The van der Waals surface area contributed by atoms with Gasteiger partial charge in [0.1, 0.15) is 0 Å². The molecule has 1 heterocycles. The number of halogens is 1. The van der Waals surface area contributed by atoms with E-state index in [0.717, 1.165) is 9.26 Å². The van der Waals surface area contributed by atoms with Crippen molar-refractivity contribution in [1.82, 2.24) is 9.78 Å². The van der Waals surface area contributed by atoms with Crippen LogP contribution in [0.5, 0.6) is 5.88 Å². The molecule has 0 bridgehead atoms. The van der Waals surface area contributed by atoms with E-state index in [1.165, 1.54) is 0 Å². The Morgan fingerprint density at radius 3 is 2.29 bits per heavy atom. The van der Waals surface area contributed by atoms with Crippen LogP contribution in [0.4, 0.5) is 0 Å². The lowest BCUT2D eigenvalue weighted by Gasteiger charge is -2.35. The number of hydrogen-bond acceptors (Lipinski definition) is 3. The third kappa shape index (κ3) is 3.03. The number of rotatable bonds is 3. The lowest BCUT2D eigenvalue weighted by Crippen LogP contribution is -2.44. The summed E-state index contributed by atoms with van der Waals surface area (Å²) in [7, 11) is -0.0361. The second-order valence-electron chi connectivity index (χ2n) is 5.71. The van der Waals surface area contributed by atoms with Gasteiger partial charge in [-0.1, -0.05) is 20.8 Å². The summed E-state index contributed by atoms with van der Waals surface area (Å²) in [6, 6.07) is 0. The van der Waals surface area contributed by atoms with Crippen molar-refractivity contribution in [3.05, 3.63) is 9.26 Å². The van der Waals surface area contributed by atoms with Gasteiger partial charge >= 0.3 is 0 Å². The summed E-state index contributed by atoms with van der Waals surface area (Å²) >= 11 is 2.18. The van der Waals surface area contributed by atoms with Crippen molar-refractivity contribution in [2.45, 2.75) is 45.5 Å². The monoisotopic (exact) mass is 368 g/mol. The molecule has 17 heavy (non-hydrogen) atoms. The highest BCUT2D eigenvalue weighted by Gasteiger charge is 2.40. The molecule has 1 aromatic heterocycles. The molecule has 0 atom stereocenters. The fourth-order valence-corrected chi connectivity index (χ4v) is 3.02. The zero-order valence-corrected chi connectivity index (χ0v) is 14.5. The van der Waals surface area contributed by atoms with E-state index in [4.69, 9.17) is 4.43 Å². The summed E-state index contributed by atoms with van der Waals surface area (Å²) in [6.45, 7) is 11.0. The second kappa shape index (κ2) is 4.89. The molecule has 0 spiro atoms. The smallest absolute Gasteiger partial charge is 0.252 e. The summed E-state index contributed by atoms with van der Waals surface area (Å²) in [5, 5.41) is 13.7. The van der Waals surface area contributed by atoms with Crippen molar-refractivity contribution < 1.29 is 9.53 Å². The molecule has 6 heteroatoms. The van der Waals surface area contributed by atoms with Gasteiger partial charge in [-0.05, 0) is 40.7 Å². The summed E-state index contributed by atoms with van der Waals surface area (Å²) in [5.74, 6) is 0.656. The van der Waals surface area contributed by atoms with Crippen LogP contribution in [0.3, 0.4) is 0 Å². The molecule has 4 nitrogen and oxygen atoms in total. The molecule has 0 saturated carbocycles. The molecule has 0 aromatic carbocycles. The maximum Gasteiger partial charge on any atom is 0.252 e. The standard InChI is InChI=1S/C11H21IN2O2Si/c1-11(2,3)17(5,6)16-10-9(12)8(7-15)14(4)13-10/h15H,7H2,1-6H3. The van der Waals surface area contributed by atoms with Crippen molar-refractivity contribution >= 4 is 30.9 Å². The van der Waals surface area contributed by atoms with E-state index >= 15 is 0 Å². The number of nitrogens with zero attached hydrogens (tertiary/aromatic N) is 2. The van der Waals surface area contributed by atoms with Gasteiger partial charge in [-0.2, -0.15) is 0 Å². The highest BCUT2D eigenvalue weighted by Crippen LogP contribution is 2.38. The first-order chi connectivity index (χ1) is 7.60. The van der Waals surface area contributed by atoms with E-state index in [1.54, 1.807) is 4.68 Å². The quantitative estimate of drug-likeness (QED) is 0.659. The van der Waals surface area contributed by atoms with Gasteiger partial charge in [0, 0.05) is 7.05 Å². The normalized spacial score (nSPS) is 12.9. The molecule has 0 unspecified atom stereocenters. The molecule has 0 aliphatic rings. The van der Waals surface area contributed by atoms with Gasteiger partial charge in [-0.3, -0.25) is 4.68 Å². The Bertz CT molecular complexity index is 410. The predicted molar refractivity (Wildman–Crippen MR) is 79.7 cm³/mol. The van der Waals surface area contributed by atoms with Crippen LogP contribution in [0.2, 0.25) is 18.1 Å². The van der Waals surface area contributed by atoms with Crippen molar-refractivity contribution in [2.75, 3.05) is 0 Å². The number of aliphatic hydroxyl groups excluding tert-OH is 1. The van der Waals surface area contributed by atoms with Crippen LogP contribution in [-0.2, 0) is 13.7 Å². The number of aromatic nitrogens is 2. The van der Waals surface area contributed by atoms with Gasteiger partial charge in [0.25, 0.3) is 8.32 Å². The zero-order valence-electron chi connectivity index (χ0n) is 11.3. The van der Waals surface area contributed by atoms with Gasteiger partial charge in [-0.25, -0.2) is 0 Å². The van der Waals surface area contributed by atoms with Crippen LogP contribution in [-0.4, -0.2) is 23.2 Å². The highest BCUT2D eigenvalue weighted by atomic mass is 127. The van der Waals surface area contributed by atoms with Crippen LogP contribution in [0.25, 0.3) is 0 Å². The van der Waals surface area contributed by atoms with E-state index in [2.05, 4.69) is 61.6 Å². The van der Waals surface area contributed by atoms with Crippen LogP contribution >= 0.6 is 22.6 Å². The minimum atomic E-state index is -1.86. The number of aryl methyl sites for hydroxylation is 1. The SMILES string of the molecule is Cn1nc(O[Si](C)(C)C(C)(C)C)c(I)c1CO. The molecule has 0 fully saturated rings. The lowest BCUT2D eigenvalue weighted by atomic mass is 10.2. The highest BCUT2D eigenvalue weighted by molar-refractivity contribution is 14.1. The second-order valence-corrected chi connectivity index (χ2v) is 11.5. The largest absolute Gasteiger partial charge is 0.529 e. The summed E-state index contributed by atoms with van der Waals surface area (Å²) in [4.78, 5) is 0. The van der Waals surface area contributed by atoms with Crippen molar-refractivity contribution in [2.24, 2.45) is 7.05 Å². The fraction of sp³-hybridized carbons (Fsp3) is 0.727. The van der Waals surface area contributed by atoms with Crippen molar-refractivity contribution in [3.63, 3.8) is 0 Å². The molecular weight excluding hydrogens is 347 g/mol. The first-order valence-electron chi connectivity index (χ1n) is 5.61. The number of hydrogen-bond donors (Lipinski definition) is 1. The molecular formula is C11H21IN2O2Si. The minimum Gasteiger partial charge on any atom is -0.529 e. The first-order valence-corrected chi connectivity index (χ1v) is 9.60. The Hall–Kier alpha value is -0.0831. The zero-order chi connectivity index (χ0) is 13.4. The van der Waals surface area contributed by atoms with Crippen molar-refractivity contribution in [3.8, 4) is 5.88 Å². The maximum absolute atomic E-state index is 9.26. The minimum absolute atomic E-state index is 0.0113. The van der Waals surface area contributed by atoms with Gasteiger partial charge < -0.3 is 9.53 Å². The van der Waals surface area contributed by atoms with E-state index in [9.17, 15) is 5.11 Å². The third-order valence-corrected chi connectivity index (χ3v) is 8.78. The van der Waals surface area contributed by atoms with Gasteiger partial charge in [-0.15, -0.1) is 5.10 Å². The third-order valence-electron chi connectivity index (χ3n) is 3.38. The van der Waals surface area contributed by atoms with E-state index in [1.807, 2.05) is 7.05 Å². The Balaban J connectivity index is 3.05. The topological polar surface area (TPSA) is 47.3 Å². The van der Waals surface area contributed by atoms with Crippen LogP contribution < -0.4 is 4.43 Å². The Labute approximate surface area is 118 Å². The average Bonchev–Trinajstić information content (AvgIpc) is 2.39. The van der Waals surface area contributed by atoms with Gasteiger partial charge in [0.2, 0.25) is 5.88 Å². The molecule has 1 N–H and O–H groups in total. The molecule has 0 aliphatic heterocycles. The Morgan fingerprint density at radius 1 is 1.41 bits per heavy atom. The van der Waals surface area contributed by atoms with E-state index in [-0.39, 0.29) is 11.6 Å². The van der Waals surface area contributed by atoms with Crippen molar-refractivity contribution in [1.29, 1.82) is 0 Å². The first kappa shape index (κ1) is 15.0.